The molecule has 1 atom stereocenters. The predicted octanol–water partition coefficient (Wildman–Crippen LogP) is 1.69. The zero-order chi connectivity index (χ0) is 21.0. The summed E-state index contributed by atoms with van der Waals surface area (Å²) in [5, 5.41) is 7.98. The minimum Gasteiger partial charge on any atom is -0.496 e. The maximum atomic E-state index is 12.4. The topological polar surface area (TPSA) is 125 Å². The largest absolute Gasteiger partial charge is 0.496 e. The third-order valence-electron chi connectivity index (χ3n) is 4.76. The van der Waals surface area contributed by atoms with Crippen molar-refractivity contribution in [1.82, 2.24) is 5.32 Å². The van der Waals surface area contributed by atoms with Gasteiger partial charge < -0.3 is 14.8 Å². The number of primary sulfonamides is 1. The number of methoxy groups -OCH3 is 1. The van der Waals surface area contributed by atoms with E-state index in [4.69, 9.17) is 14.6 Å². The van der Waals surface area contributed by atoms with Crippen LogP contribution < -0.4 is 15.2 Å². The second-order valence-electron chi connectivity index (χ2n) is 6.69. The molecule has 2 aromatic carbocycles. The van der Waals surface area contributed by atoms with Crippen LogP contribution in [-0.2, 0) is 26.0 Å². The Balaban J connectivity index is 1.66. The van der Waals surface area contributed by atoms with Gasteiger partial charge in [0.1, 0.15) is 11.3 Å². The first-order chi connectivity index (χ1) is 13.8. The number of hydrogen-bond acceptors (Lipinski definition) is 6. The normalized spacial score (nSPS) is 15.9. The molecule has 0 aromatic heterocycles. The van der Waals surface area contributed by atoms with Crippen LogP contribution >= 0.6 is 0 Å². The van der Waals surface area contributed by atoms with Gasteiger partial charge in [-0.25, -0.2) is 18.4 Å². The van der Waals surface area contributed by atoms with Crippen LogP contribution in [0.4, 0.5) is 0 Å². The molecule has 0 saturated carbocycles. The SMILES string of the molecule is COc1ccc(S(N)(=O)=O)cc1C(=O)OCC(=O)N[C@H]1CCCc2ccccc21. The highest BCUT2D eigenvalue weighted by molar-refractivity contribution is 7.89. The molecule has 1 amide bonds. The van der Waals surface area contributed by atoms with E-state index in [0.29, 0.717) is 0 Å². The number of nitrogens with two attached hydrogens (primary N) is 1. The molecule has 0 radical (unpaired) electrons. The van der Waals surface area contributed by atoms with Crippen LogP contribution in [0.5, 0.6) is 5.75 Å². The number of amides is 1. The van der Waals surface area contributed by atoms with Gasteiger partial charge in [0.15, 0.2) is 6.61 Å². The lowest BCUT2D eigenvalue weighted by Gasteiger charge is -2.26. The summed E-state index contributed by atoms with van der Waals surface area (Å²) >= 11 is 0. The summed E-state index contributed by atoms with van der Waals surface area (Å²) in [5.74, 6) is -1.21. The molecule has 9 heteroatoms. The van der Waals surface area contributed by atoms with Gasteiger partial charge in [0.05, 0.1) is 18.0 Å². The lowest BCUT2D eigenvalue weighted by Crippen LogP contribution is -2.34. The number of benzene rings is 2. The van der Waals surface area contributed by atoms with E-state index in [1.54, 1.807) is 0 Å². The Morgan fingerprint density at radius 2 is 1.97 bits per heavy atom. The number of carbonyl (C=O) groups excluding carboxylic acids is 2. The molecule has 0 fully saturated rings. The van der Waals surface area contributed by atoms with Gasteiger partial charge in [-0.05, 0) is 48.6 Å². The molecular formula is C20H22N2O6S. The summed E-state index contributed by atoms with van der Waals surface area (Å²) in [6.07, 6.45) is 2.73. The van der Waals surface area contributed by atoms with Crippen molar-refractivity contribution in [3.05, 3.63) is 59.2 Å². The van der Waals surface area contributed by atoms with Crippen molar-refractivity contribution >= 4 is 21.9 Å². The number of hydrogen-bond donors (Lipinski definition) is 2. The van der Waals surface area contributed by atoms with Gasteiger partial charge in [-0.1, -0.05) is 24.3 Å². The van der Waals surface area contributed by atoms with Crippen LogP contribution in [0.3, 0.4) is 0 Å². The lowest BCUT2D eigenvalue weighted by molar-refractivity contribution is -0.125. The van der Waals surface area contributed by atoms with Crippen molar-refractivity contribution in [1.29, 1.82) is 0 Å². The fourth-order valence-corrected chi connectivity index (χ4v) is 3.91. The van der Waals surface area contributed by atoms with E-state index in [2.05, 4.69) is 5.32 Å². The van der Waals surface area contributed by atoms with Crippen LogP contribution in [0.1, 0.15) is 40.4 Å². The third kappa shape index (κ3) is 4.93. The first kappa shape index (κ1) is 20.8. The highest BCUT2D eigenvalue weighted by Crippen LogP contribution is 2.29. The monoisotopic (exact) mass is 418 g/mol. The first-order valence-electron chi connectivity index (χ1n) is 9.04. The van der Waals surface area contributed by atoms with Crippen molar-refractivity contribution in [3.8, 4) is 5.75 Å². The second-order valence-corrected chi connectivity index (χ2v) is 8.26. The number of esters is 1. The summed E-state index contributed by atoms with van der Waals surface area (Å²) in [5.41, 5.74) is 2.14. The summed E-state index contributed by atoms with van der Waals surface area (Å²) in [6.45, 7) is -0.500. The van der Waals surface area contributed by atoms with Crippen molar-refractivity contribution < 1.29 is 27.5 Å². The van der Waals surface area contributed by atoms with Crippen LogP contribution in [-0.4, -0.2) is 34.0 Å². The fraction of sp³-hybridized carbons (Fsp3) is 0.300. The first-order valence-corrected chi connectivity index (χ1v) is 10.6. The summed E-state index contributed by atoms with van der Waals surface area (Å²) in [4.78, 5) is 24.4. The van der Waals surface area contributed by atoms with E-state index < -0.39 is 28.5 Å². The van der Waals surface area contributed by atoms with Gasteiger partial charge in [0.25, 0.3) is 5.91 Å². The molecule has 1 aliphatic carbocycles. The molecule has 0 spiro atoms. The van der Waals surface area contributed by atoms with Crippen LogP contribution in [0.15, 0.2) is 47.4 Å². The Labute approximate surface area is 169 Å². The smallest absolute Gasteiger partial charge is 0.342 e. The van der Waals surface area contributed by atoms with E-state index in [1.165, 1.54) is 24.8 Å². The summed E-state index contributed by atoms with van der Waals surface area (Å²) in [6, 6.07) is 11.4. The average Bonchev–Trinajstić information content (AvgIpc) is 2.71. The quantitative estimate of drug-likeness (QED) is 0.688. The minimum absolute atomic E-state index is 0.115. The number of aryl methyl sites for hydroxylation is 1. The second kappa shape index (κ2) is 8.62. The molecule has 154 valence electrons. The predicted molar refractivity (Wildman–Crippen MR) is 105 cm³/mol. The Bertz CT molecular complexity index is 1040. The molecule has 0 heterocycles. The number of ether oxygens (including phenoxy) is 2. The van der Waals surface area contributed by atoms with Gasteiger partial charge in [0, 0.05) is 0 Å². The van der Waals surface area contributed by atoms with Gasteiger partial charge in [-0.15, -0.1) is 0 Å². The fourth-order valence-electron chi connectivity index (χ4n) is 3.37. The zero-order valence-electron chi connectivity index (χ0n) is 15.9. The van der Waals surface area contributed by atoms with E-state index in [0.717, 1.165) is 30.9 Å². The molecule has 2 aromatic rings. The molecule has 0 bridgehead atoms. The molecule has 0 aliphatic heterocycles. The van der Waals surface area contributed by atoms with E-state index in [-0.39, 0.29) is 22.3 Å². The van der Waals surface area contributed by atoms with E-state index >= 15 is 0 Å². The van der Waals surface area contributed by atoms with Crippen LogP contribution in [0.2, 0.25) is 0 Å². The van der Waals surface area contributed by atoms with Crippen molar-refractivity contribution in [2.24, 2.45) is 5.14 Å². The summed E-state index contributed by atoms with van der Waals surface area (Å²) < 4.78 is 33.2. The van der Waals surface area contributed by atoms with Gasteiger partial charge in [-0.3, -0.25) is 4.79 Å². The Morgan fingerprint density at radius 3 is 2.69 bits per heavy atom. The van der Waals surface area contributed by atoms with Crippen molar-refractivity contribution in [2.45, 2.75) is 30.2 Å². The zero-order valence-corrected chi connectivity index (χ0v) is 16.7. The van der Waals surface area contributed by atoms with E-state index in [9.17, 15) is 18.0 Å². The third-order valence-corrected chi connectivity index (χ3v) is 5.67. The molecule has 8 nitrogen and oxygen atoms in total. The van der Waals surface area contributed by atoms with Gasteiger partial charge in [-0.2, -0.15) is 0 Å². The highest BCUT2D eigenvalue weighted by atomic mass is 32.2. The standard InChI is InChI=1S/C20H22N2O6S/c1-27-18-10-9-14(29(21,25)26)11-16(18)20(24)28-12-19(23)22-17-8-4-6-13-5-2-3-7-15(13)17/h2-3,5,7,9-11,17H,4,6,8,12H2,1H3,(H,22,23)(H2,21,25,26)/t17-/m0/s1. The summed E-state index contributed by atoms with van der Waals surface area (Å²) in [7, 11) is -2.68. The Kier molecular flexibility index (Phi) is 6.19. The molecule has 3 rings (SSSR count). The van der Waals surface area contributed by atoms with Gasteiger partial charge >= 0.3 is 5.97 Å². The number of rotatable bonds is 6. The number of fused-ring (bicyclic) bond motifs is 1. The minimum atomic E-state index is -4.01. The molecular weight excluding hydrogens is 396 g/mol. The van der Waals surface area contributed by atoms with Crippen LogP contribution in [0, 0.1) is 0 Å². The number of carbonyl (C=O) groups is 2. The molecule has 3 N–H and O–H groups in total. The molecule has 0 saturated heterocycles. The number of nitrogens with one attached hydrogen (secondary N) is 1. The van der Waals surface area contributed by atoms with E-state index in [1.807, 2.05) is 24.3 Å². The molecule has 1 aliphatic rings. The average molecular weight is 418 g/mol. The van der Waals surface area contributed by atoms with Gasteiger partial charge in [0.2, 0.25) is 10.0 Å². The van der Waals surface area contributed by atoms with Crippen molar-refractivity contribution in [2.75, 3.05) is 13.7 Å². The maximum Gasteiger partial charge on any atom is 0.342 e. The highest BCUT2D eigenvalue weighted by Gasteiger charge is 2.23. The van der Waals surface area contributed by atoms with Crippen molar-refractivity contribution in [3.63, 3.8) is 0 Å². The maximum absolute atomic E-state index is 12.4. The Morgan fingerprint density at radius 1 is 1.21 bits per heavy atom. The molecule has 0 unspecified atom stereocenters. The molecule has 29 heavy (non-hydrogen) atoms. The Hall–Kier alpha value is -2.91. The number of sulfonamides is 1. The lowest BCUT2D eigenvalue weighted by atomic mass is 9.88. The van der Waals surface area contributed by atoms with Crippen LogP contribution in [0.25, 0.3) is 0 Å².